The van der Waals surface area contributed by atoms with Crippen molar-refractivity contribution >= 4 is 23.7 Å². The molecule has 7 nitrogen and oxygen atoms in total. The quantitative estimate of drug-likeness (QED) is 0.778. The van der Waals surface area contributed by atoms with E-state index < -0.39 is 23.7 Å². The molecule has 0 radical (unpaired) electrons. The first-order chi connectivity index (χ1) is 11.9. The van der Waals surface area contributed by atoms with Crippen molar-refractivity contribution in [3.63, 3.8) is 0 Å². The highest BCUT2D eigenvalue weighted by Crippen LogP contribution is 2.31. The SMILES string of the molecule is CN(C)C(=O)C1CCC(C(=O)ON2C(=O)c3ccccc3C2=O)CC1. The molecule has 1 heterocycles. The standard InChI is InChI=1S/C18H20N2O5/c1-19(2)15(21)11-7-9-12(10-8-11)18(24)25-20-16(22)13-5-3-4-6-14(13)17(20)23/h3-6,11-12H,7-10H2,1-2H3. The van der Waals surface area contributed by atoms with Gasteiger partial charge in [-0.15, -0.1) is 0 Å². The fraction of sp³-hybridized carbons (Fsp3) is 0.444. The van der Waals surface area contributed by atoms with Crippen LogP contribution in [0, 0.1) is 11.8 Å². The van der Waals surface area contributed by atoms with Gasteiger partial charge in [0.2, 0.25) is 5.91 Å². The molecule has 3 amide bonds. The number of carbonyl (C=O) groups is 4. The van der Waals surface area contributed by atoms with Crippen molar-refractivity contribution in [1.29, 1.82) is 0 Å². The second kappa shape index (κ2) is 6.66. The fourth-order valence-electron chi connectivity index (χ4n) is 3.36. The molecule has 25 heavy (non-hydrogen) atoms. The van der Waals surface area contributed by atoms with Gasteiger partial charge in [-0.2, -0.15) is 0 Å². The molecule has 0 aromatic heterocycles. The van der Waals surface area contributed by atoms with Crippen LogP contribution >= 0.6 is 0 Å². The summed E-state index contributed by atoms with van der Waals surface area (Å²) in [5.41, 5.74) is 0.473. The Balaban J connectivity index is 1.60. The number of amides is 3. The lowest BCUT2D eigenvalue weighted by Gasteiger charge is -2.28. The minimum atomic E-state index is -0.620. The molecule has 1 aromatic carbocycles. The summed E-state index contributed by atoms with van der Waals surface area (Å²) in [5.74, 6) is -2.26. The lowest BCUT2D eigenvalue weighted by molar-refractivity contribution is -0.175. The van der Waals surface area contributed by atoms with Crippen LogP contribution in [0.3, 0.4) is 0 Å². The van der Waals surface area contributed by atoms with E-state index in [1.807, 2.05) is 0 Å². The lowest BCUT2D eigenvalue weighted by atomic mass is 9.81. The topological polar surface area (TPSA) is 84.0 Å². The van der Waals surface area contributed by atoms with Gasteiger partial charge < -0.3 is 9.74 Å². The summed E-state index contributed by atoms with van der Waals surface area (Å²) in [6, 6.07) is 6.36. The number of fused-ring (bicyclic) bond motifs is 1. The molecule has 0 spiro atoms. The molecule has 0 bridgehead atoms. The van der Waals surface area contributed by atoms with Crippen LogP contribution in [0.5, 0.6) is 0 Å². The van der Waals surface area contributed by atoms with Gasteiger partial charge in [-0.25, -0.2) is 4.79 Å². The largest absolute Gasteiger partial charge is 0.349 e. The van der Waals surface area contributed by atoms with Gasteiger partial charge in [0.05, 0.1) is 17.0 Å². The maximum Gasteiger partial charge on any atom is 0.336 e. The summed E-state index contributed by atoms with van der Waals surface area (Å²) in [6.45, 7) is 0. The van der Waals surface area contributed by atoms with Crippen LogP contribution in [0.1, 0.15) is 46.4 Å². The zero-order chi connectivity index (χ0) is 18.1. The third kappa shape index (κ3) is 3.14. The highest BCUT2D eigenvalue weighted by Gasteiger charge is 2.40. The molecule has 0 N–H and O–H groups in total. The number of benzene rings is 1. The molecule has 132 valence electrons. The molecule has 1 aromatic rings. The van der Waals surface area contributed by atoms with Crippen LogP contribution in [0.2, 0.25) is 0 Å². The zero-order valence-electron chi connectivity index (χ0n) is 14.2. The maximum atomic E-state index is 12.3. The highest BCUT2D eigenvalue weighted by atomic mass is 16.7. The van der Waals surface area contributed by atoms with E-state index in [9.17, 15) is 19.2 Å². The molecule has 0 saturated heterocycles. The number of carbonyl (C=O) groups excluding carboxylic acids is 4. The van der Waals surface area contributed by atoms with Crippen LogP contribution in [0.25, 0.3) is 0 Å². The molecule has 2 aliphatic rings. The molecule has 3 rings (SSSR count). The molecule has 0 atom stereocenters. The molecular weight excluding hydrogens is 324 g/mol. The number of hydrogen-bond acceptors (Lipinski definition) is 5. The Kier molecular flexibility index (Phi) is 4.57. The predicted molar refractivity (Wildman–Crippen MR) is 87.2 cm³/mol. The van der Waals surface area contributed by atoms with Gasteiger partial charge in [-0.1, -0.05) is 17.2 Å². The summed E-state index contributed by atoms with van der Waals surface area (Å²) in [7, 11) is 3.43. The van der Waals surface area contributed by atoms with Gasteiger partial charge in [0.1, 0.15) is 0 Å². The maximum absolute atomic E-state index is 12.3. The van der Waals surface area contributed by atoms with Crippen molar-refractivity contribution in [2.24, 2.45) is 11.8 Å². The van der Waals surface area contributed by atoms with Crippen LogP contribution in [0.4, 0.5) is 0 Å². The molecule has 1 saturated carbocycles. The third-order valence-corrected chi connectivity index (χ3v) is 4.79. The van der Waals surface area contributed by atoms with Crippen LogP contribution in [0.15, 0.2) is 24.3 Å². The number of hydrogen-bond donors (Lipinski definition) is 0. The van der Waals surface area contributed by atoms with Crippen molar-refractivity contribution in [3.8, 4) is 0 Å². The number of hydroxylamine groups is 2. The van der Waals surface area contributed by atoms with Gasteiger partial charge >= 0.3 is 5.97 Å². The van der Waals surface area contributed by atoms with E-state index in [2.05, 4.69) is 0 Å². The van der Waals surface area contributed by atoms with E-state index in [-0.39, 0.29) is 23.0 Å². The van der Waals surface area contributed by atoms with Crippen LogP contribution in [-0.2, 0) is 14.4 Å². The van der Waals surface area contributed by atoms with Crippen molar-refractivity contribution in [3.05, 3.63) is 35.4 Å². The second-order valence-electron chi connectivity index (χ2n) is 6.64. The van der Waals surface area contributed by atoms with Crippen molar-refractivity contribution < 1.29 is 24.0 Å². The predicted octanol–water partition coefficient (Wildman–Crippen LogP) is 1.64. The van der Waals surface area contributed by atoms with E-state index in [0.717, 1.165) is 0 Å². The molecule has 1 aliphatic carbocycles. The summed E-state index contributed by atoms with van der Waals surface area (Å²) < 4.78 is 0. The molecule has 1 aliphatic heterocycles. The monoisotopic (exact) mass is 344 g/mol. The Morgan fingerprint density at radius 3 is 1.92 bits per heavy atom. The average Bonchev–Trinajstić information content (AvgIpc) is 2.86. The second-order valence-corrected chi connectivity index (χ2v) is 6.64. The number of rotatable bonds is 3. The Morgan fingerprint density at radius 1 is 0.960 bits per heavy atom. The zero-order valence-corrected chi connectivity index (χ0v) is 14.2. The first kappa shape index (κ1) is 17.1. The van der Waals surface area contributed by atoms with Crippen molar-refractivity contribution in [2.45, 2.75) is 25.7 Å². The molecule has 0 unspecified atom stereocenters. The van der Waals surface area contributed by atoms with Crippen molar-refractivity contribution in [2.75, 3.05) is 14.1 Å². The summed E-state index contributed by atoms with van der Waals surface area (Å²) in [5, 5.41) is 0.546. The average molecular weight is 344 g/mol. The third-order valence-electron chi connectivity index (χ3n) is 4.79. The van der Waals surface area contributed by atoms with Gasteiger partial charge in [0.15, 0.2) is 0 Å². The number of nitrogens with zero attached hydrogens (tertiary/aromatic N) is 2. The molecular formula is C18H20N2O5. The van der Waals surface area contributed by atoms with Crippen LogP contribution in [-0.4, -0.2) is 47.7 Å². The molecule has 7 heteroatoms. The van der Waals surface area contributed by atoms with E-state index in [1.165, 1.54) is 12.1 Å². The van der Waals surface area contributed by atoms with Gasteiger partial charge in [-0.3, -0.25) is 14.4 Å². The molecule has 1 fully saturated rings. The summed E-state index contributed by atoms with van der Waals surface area (Å²) in [6.07, 6.45) is 2.20. The summed E-state index contributed by atoms with van der Waals surface area (Å²) >= 11 is 0. The highest BCUT2D eigenvalue weighted by molar-refractivity contribution is 6.20. The lowest BCUT2D eigenvalue weighted by Crippen LogP contribution is -2.37. The van der Waals surface area contributed by atoms with E-state index >= 15 is 0 Å². The fourth-order valence-corrected chi connectivity index (χ4v) is 3.36. The Morgan fingerprint density at radius 2 is 1.44 bits per heavy atom. The first-order valence-corrected chi connectivity index (χ1v) is 8.31. The van der Waals surface area contributed by atoms with E-state index in [1.54, 1.807) is 31.1 Å². The summed E-state index contributed by atoms with van der Waals surface area (Å²) in [4.78, 5) is 55.4. The van der Waals surface area contributed by atoms with E-state index in [4.69, 9.17) is 4.84 Å². The van der Waals surface area contributed by atoms with Crippen molar-refractivity contribution in [1.82, 2.24) is 9.96 Å². The van der Waals surface area contributed by atoms with Gasteiger partial charge in [0.25, 0.3) is 11.8 Å². The minimum Gasteiger partial charge on any atom is -0.349 e. The number of imide groups is 1. The smallest absolute Gasteiger partial charge is 0.336 e. The normalized spacial score (nSPS) is 22.6. The Bertz CT molecular complexity index is 700. The van der Waals surface area contributed by atoms with Crippen LogP contribution < -0.4 is 0 Å². The minimum absolute atomic E-state index is 0.0622. The first-order valence-electron chi connectivity index (χ1n) is 8.31. The van der Waals surface area contributed by atoms with Gasteiger partial charge in [0, 0.05) is 20.0 Å². The Labute approximate surface area is 145 Å². The van der Waals surface area contributed by atoms with Gasteiger partial charge in [-0.05, 0) is 37.8 Å². The van der Waals surface area contributed by atoms with E-state index in [0.29, 0.717) is 30.7 Å². The Hall–Kier alpha value is -2.70.